The van der Waals surface area contributed by atoms with Crippen LogP contribution < -0.4 is 5.56 Å². The number of hydrogen-bond donors (Lipinski definition) is 2. The lowest BCUT2D eigenvalue weighted by atomic mass is 10.1. The highest BCUT2D eigenvalue weighted by atomic mass is 79.9. The van der Waals surface area contributed by atoms with Crippen molar-refractivity contribution in [2.45, 2.75) is 19.8 Å². The molecular formula is C13H12BrFN2O2. The van der Waals surface area contributed by atoms with E-state index in [0.717, 1.165) is 6.42 Å². The van der Waals surface area contributed by atoms with Gasteiger partial charge in [-0.2, -0.15) is 4.98 Å². The zero-order chi connectivity index (χ0) is 14.0. The van der Waals surface area contributed by atoms with Gasteiger partial charge in [0.25, 0.3) is 5.56 Å². The summed E-state index contributed by atoms with van der Waals surface area (Å²) >= 11 is 3.05. The Morgan fingerprint density at radius 2 is 2.21 bits per heavy atom. The fraction of sp³-hybridized carbons (Fsp3) is 0.231. The third-order valence-corrected chi connectivity index (χ3v) is 3.33. The number of rotatable bonds is 3. The number of hydrogen-bond acceptors (Lipinski definition) is 3. The van der Waals surface area contributed by atoms with E-state index in [1.807, 2.05) is 6.92 Å². The van der Waals surface area contributed by atoms with Crippen LogP contribution in [-0.4, -0.2) is 15.1 Å². The van der Waals surface area contributed by atoms with Crippen molar-refractivity contribution in [2.24, 2.45) is 0 Å². The lowest BCUT2D eigenvalue weighted by Crippen LogP contribution is -2.15. The van der Waals surface area contributed by atoms with Crippen molar-refractivity contribution in [1.82, 2.24) is 9.97 Å². The molecule has 0 aliphatic carbocycles. The minimum Gasteiger partial charge on any atom is -0.493 e. The molecule has 100 valence electrons. The number of nitrogens with one attached hydrogen (secondary N) is 1. The van der Waals surface area contributed by atoms with E-state index in [-0.39, 0.29) is 17.3 Å². The van der Waals surface area contributed by atoms with Gasteiger partial charge in [-0.05, 0) is 40.5 Å². The monoisotopic (exact) mass is 326 g/mol. The Bertz CT molecular complexity index is 670. The van der Waals surface area contributed by atoms with Gasteiger partial charge in [0.2, 0.25) is 5.88 Å². The molecule has 2 rings (SSSR count). The van der Waals surface area contributed by atoms with Gasteiger partial charge in [-0.1, -0.05) is 13.3 Å². The molecule has 2 N–H and O–H groups in total. The molecule has 0 radical (unpaired) electrons. The largest absolute Gasteiger partial charge is 0.493 e. The van der Waals surface area contributed by atoms with E-state index in [4.69, 9.17) is 0 Å². The van der Waals surface area contributed by atoms with Crippen LogP contribution in [0, 0.1) is 5.82 Å². The van der Waals surface area contributed by atoms with Crippen molar-refractivity contribution in [1.29, 1.82) is 0 Å². The summed E-state index contributed by atoms with van der Waals surface area (Å²) < 4.78 is 13.8. The Labute approximate surface area is 117 Å². The number of halogens is 2. The topological polar surface area (TPSA) is 66.0 Å². The molecule has 1 aromatic carbocycles. The standard InChI is InChI=1S/C13H12BrFN2O2/c1-2-3-8-12(18)16-11(17-13(8)19)7-4-5-9(14)10(15)6-7/h4-6H,2-3H2,1H3,(H2,16,17,18,19). The van der Waals surface area contributed by atoms with Crippen molar-refractivity contribution in [3.63, 3.8) is 0 Å². The van der Waals surface area contributed by atoms with Gasteiger partial charge in [-0.15, -0.1) is 0 Å². The van der Waals surface area contributed by atoms with Crippen LogP contribution in [0.3, 0.4) is 0 Å². The minimum atomic E-state index is -0.461. The molecule has 4 nitrogen and oxygen atoms in total. The molecule has 0 spiro atoms. The fourth-order valence-electron chi connectivity index (χ4n) is 1.74. The van der Waals surface area contributed by atoms with Gasteiger partial charge in [0.15, 0.2) is 0 Å². The SMILES string of the molecule is CCCc1c(O)nc(-c2ccc(Br)c(F)c2)[nH]c1=O. The van der Waals surface area contributed by atoms with Gasteiger partial charge in [-0.3, -0.25) is 4.79 Å². The summed E-state index contributed by atoms with van der Waals surface area (Å²) in [5.74, 6) is -0.616. The first-order valence-corrected chi connectivity index (χ1v) is 6.59. The molecular weight excluding hydrogens is 315 g/mol. The summed E-state index contributed by atoms with van der Waals surface area (Å²) in [5, 5.41) is 9.75. The van der Waals surface area contributed by atoms with Gasteiger partial charge in [-0.25, -0.2) is 4.39 Å². The maximum absolute atomic E-state index is 13.4. The predicted octanol–water partition coefficient (Wildman–Crippen LogP) is 3.00. The van der Waals surface area contributed by atoms with Crippen LogP contribution >= 0.6 is 15.9 Å². The third kappa shape index (κ3) is 2.84. The molecule has 1 heterocycles. The number of H-pyrrole nitrogens is 1. The predicted molar refractivity (Wildman–Crippen MR) is 73.6 cm³/mol. The van der Waals surface area contributed by atoms with E-state index in [9.17, 15) is 14.3 Å². The van der Waals surface area contributed by atoms with Crippen LogP contribution in [0.1, 0.15) is 18.9 Å². The normalized spacial score (nSPS) is 10.7. The second kappa shape index (κ2) is 5.52. The zero-order valence-electron chi connectivity index (χ0n) is 10.2. The van der Waals surface area contributed by atoms with E-state index in [2.05, 4.69) is 25.9 Å². The summed E-state index contributed by atoms with van der Waals surface area (Å²) in [4.78, 5) is 18.3. The van der Waals surface area contributed by atoms with Crippen molar-refractivity contribution in [3.05, 3.63) is 44.4 Å². The smallest absolute Gasteiger partial charge is 0.258 e. The first-order valence-electron chi connectivity index (χ1n) is 5.80. The third-order valence-electron chi connectivity index (χ3n) is 2.69. The summed E-state index contributed by atoms with van der Waals surface area (Å²) in [7, 11) is 0. The number of benzene rings is 1. The molecule has 0 aliphatic rings. The van der Waals surface area contributed by atoms with Crippen LogP contribution in [-0.2, 0) is 6.42 Å². The molecule has 0 saturated heterocycles. The molecule has 0 fully saturated rings. The second-order valence-corrected chi connectivity index (χ2v) is 4.95. The van der Waals surface area contributed by atoms with Crippen LogP contribution in [0.2, 0.25) is 0 Å². The quantitative estimate of drug-likeness (QED) is 0.911. The molecule has 6 heteroatoms. The number of nitrogens with zero attached hydrogens (tertiary/aromatic N) is 1. The average molecular weight is 327 g/mol. The Hall–Kier alpha value is -1.69. The molecule has 0 amide bonds. The summed E-state index contributed by atoms with van der Waals surface area (Å²) in [5.41, 5.74) is 0.257. The molecule has 0 atom stereocenters. The van der Waals surface area contributed by atoms with Crippen LogP contribution in [0.25, 0.3) is 11.4 Å². The summed E-state index contributed by atoms with van der Waals surface area (Å²) in [6.07, 6.45) is 1.17. The van der Waals surface area contributed by atoms with Crippen molar-refractivity contribution in [2.75, 3.05) is 0 Å². The average Bonchev–Trinajstić information content (AvgIpc) is 2.37. The van der Waals surface area contributed by atoms with E-state index < -0.39 is 11.4 Å². The Morgan fingerprint density at radius 3 is 2.79 bits per heavy atom. The maximum Gasteiger partial charge on any atom is 0.258 e. The van der Waals surface area contributed by atoms with E-state index in [1.54, 1.807) is 6.07 Å². The van der Waals surface area contributed by atoms with Gasteiger partial charge in [0.1, 0.15) is 11.6 Å². The summed E-state index contributed by atoms with van der Waals surface area (Å²) in [6.45, 7) is 1.90. The summed E-state index contributed by atoms with van der Waals surface area (Å²) in [6, 6.07) is 4.35. The molecule has 0 bridgehead atoms. The molecule has 0 unspecified atom stereocenters. The van der Waals surface area contributed by atoms with Gasteiger partial charge >= 0.3 is 0 Å². The molecule has 1 aromatic heterocycles. The van der Waals surface area contributed by atoms with E-state index >= 15 is 0 Å². The Kier molecular flexibility index (Phi) is 3.99. The van der Waals surface area contributed by atoms with Gasteiger partial charge in [0, 0.05) is 5.56 Å². The lowest BCUT2D eigenvalue weighted by Gasteiger charge is -2.06. The highest BCUT2D eigenvalue weighted by Crippen LogP contribution is 2.23. The molecule has 2 aromatic rings. The zero-order valence-corrected chi connectivity index (χ0v) is 11.8. The first kappa shape index (κ1) is 13.7. The highest BCUT2D eigenvalue weighted by molar-refractivity contribution is 9.10. The molecule has 0 aliphatic heterocycles. The van der Waals surface area contributed by atoms with Gasteiger partial charge in [0.05, 0.1) is 10.0 Å². The minimum absolute atomic E-state index is 0.147. The van der Waals surface area contributed by atoms with Crippen molar-refractivity contribution >= 4 is 15.9 Å². The highest BCUT2D eigenvalue weighted by Gasteiger charge is 2.12. The Morgan fingerprint density at radius 1 is 1.47 bits per heavy atom. The number of aromatic hydroxyl groups is 1. The molecule has 19 heavy (non-hydrogen) atoms. The van der Waals surface area contributed by atoms with Crippen LogP contribution in [0.5, 0.6) is 5.88 Å². The lowest BCUT2D eigenvalue weighted by molar-refractivity contribution is 0.443. The van der Waals surface area contributed by atoms with Crippen LogP contribution in [0.15, 0.2) is 27.5 Å². The van der Waals surface area contributed by atoms with Crippen molar-refractivity contribution < 1.29 is 9.50 Å². The Balaban J connectivity index is 2.52. The first-order chi connectivity index (χ1) is 9.02. The van der Waals surface area contributed by atoms with Crippen molar-refractivity contribution in [3.8, 4) is 17.3 Å². The fourth-order valence-corrected chi connectivity index (χ4v) is 1.99. The number of aromatic nitrogens is 2. The number of aromatic amines is 1. The van der Waals surface area contributed by atoms with E-state index in [0.29, 0.717) is 16.5 Å². The van der Waals surface area contributed by atoms with Crippen LogP contribution in [0.4, 0.5) is 4.39 Å². The molecule has 0 saturated carbocycles. The second-order valence-electron chi connectivity index (χ2n) is 4.10. The van der Waals surface area contributed by atoms with Gasteiger partial charge < -0.3 is 10.1 Å². The maximum atomic E-state index is 13.4. The van der Waals surface area contributed by atoms with E-state index in [1.165, 1.54) is 12.1 Å².